The Kier molecular flexibility index (Phi) is 0.598. The first-order chi connectivity index (χ1) is 7.50. The number of aromatic hydroxyl groups is 1. The van der Waals surface area contributed by atoms with Crippen LogP contribution in [0.15, 0.2) is 18.3 Å². The molecule has 2 nitrogen and oxygen atoms in total. The number of pyridine rings is 1. The number of hydrogen-bond acceptors (Lipinski definition) is 2. The van der Waals surface area contributed by atoms with E-state index < -0.39 is 25.3 Å². The first kappa shape index (κ1) is 2.22. The van der Waals surface area contributed by atoms with Gasteiger partial charge in [-0.25, -0.2) is 0 Å². The summed E-state index contributed by atoms with van der Waals surface area (Å²) in [5.41, 5.74) is -0.421. The molecule has 0 aliphatic rings. The highest BCUT2D eigenvalue weighted by molar-refractivity contribution is 5.19. The summed E-state index contributed by atoms with van der Waals surface area (Å²) in [6, 6.07) is 2.13. The smallest absolute Gasteiger partial charge is 0.133 e. The van der Waals surface area contributed by atoms with Gasteiger partial charge in [0.05, 0.1) is 6.20 Å². The fourth-order valence-electron chi connectivity index (χ4n) is 0.534. The molecule has 0 unspecified atom stereocenters. The lowest BCUT2D eigenvalue weighted by atomic mass is 10.1. The van der Waals surface area contributed by atoms with Crippen molar-refractivity contribution in [3.63, 3.8) is 0 Å². The number of nitrogens with zero attached hydrogens (tertiary/aromatic N) is 1. The predicted octanol–water partition coefficient (Wildman–Crippen LogP) is 1.91. The van der Waals surface area contributed by atoms with E-state index in [2.05, 4.69) is 4.98 Å². The quantitative estimate of drug-likeness (QED) is 0.653. The third kappa shape index (κ3) is 1.47. The molecule has 54 valence electrons. The van der Waals surface area contributed by atoms with Gasteiger partial charge in [0.2, 0.25) is 0 Å². The van der Waals surface area contributed by atoms with Crippen molar-refractivity contribution in [2.45, 2.75) is 19.6 Å². The first-order valence-electron chi connectivity index (χ1n) is 6.15. The first-order valence-corrected chi connectivity index (χ1v) is 2.65. The zero-order chi connectivity index (χ0) is 13.5. The fourth-order valence-corrected chi connectivity index (χ4v) is 0.534. The summed E-state index contributed by atoms with van der Waals surface area (Å²) in [7, 11) is 0. The highest BCUT2D eigenvalue weighted by Crippen LogP contribution is 2.13. The molecule has 1 aromatic heterocycles. The van der Waals surface area contributed by atoms with Crippen molar-refractivity contribution < 1.29 is 14.7 Å². The lowest BCUT2D eigenvalue weighted by Gasteiger charge is -2.01. The Balaban J connectivity index is 3.41. The summed E-state index contributed by atoms with van der Waals surface area (Å²) in [4.78, 5) is 3.53. The molecular formula is C8H11NO. The minimum atomic E-state index is -3.05. The molecule has 0 aliphatic heterocycles. The largest absolute Gasteiger partial charge is 0.506 e. The third-order valence-corrected chi connectivity index (χ3v) is 1.00. The molecule has 0 aromatic carbocycles. The second kappa shape index (κ2) is 2.69. The Bertz CT molecular complexity index is 380. The molecule has 0 radical (unpaired) electrons. The SMILES string of the molecule is [2H]C([2H])([2H])C([2H])(c1ccc(O)cn1)C([2H])([2H])[2H]. The number of hydrogen-bond donors (Lipinski definition) is 1. The Morgan fingerprint density at radius 1 is 1.70 bits per heavy atom. The van der Waals surface area contributed by atoms with E-state index in [9.17, 15) is 0 Å². The minimum Gasteiger partial charge on any atom is -0.506 e. The van der Waals surface area contributed by atoms with Crippen molar-refractivity contribution in [1.29, 1.82) is 0 Å². The molecule has 0 amide bonds. The standard InChI is InChI=1S/C8H11NO/c1-6(2)8-4-3-7(10)5-9-8/h3-6,10H,1-2H3/i1D3,2D3,6D. The van der Waals surface area contributed by atoms with E-state index in [1.54, 1.807) is 0 Å². The minimum absolute atomic E-state index is 0.229. The van der Waals surface area contributed by atoms with Gasteiger partial charge >= 0.3 is 0 Å². The van der Waals surface area contributed by atoms with E-state index in [-0.39, 0.29) is 5.75 Å². The summed E-state index contributed by atoms with van der Waals surface area (Å²) < 4.78 is 51.1. The molecule has 1 heterocycles. The highest BCUT2D eigenvalue weighted by atomic mass is 16.3. The van der Waals surface area contributed by atoms with Gasteiger partial charge < -0.3 is 5.11 Å². The zero-order valence-corrected chi connectivity index (χ0v) is 5.13. The van der Waals surface area contributed by atoms with Crippen molar-refractivity contribution in [2.24, 2.45) is 0 Å². The number of aromatic nitrogens is 1. The van der Waals surface area contributed by atoms with Crippen LogP contribution in [-0.2, 0) is 0 Å². The van der Waals surface area contributed by atoms with E-state index in [4.69, 9.17) is 14.7 Å². The van der Waals surface area contributed by atoms with Gasteiger partial charge in [-0.05, 0) is 18.0 Å². The van der Waals surface area contributed by atoms with Crippen LogP contribution in [0, 0.1) is 0 Å². The van der Waals surface area contributed by atoms with Gasteiger partial charge in [-0.15, -0.1) is 0 Å². The van der Waals surface area contributed by atoms with E-state index in [0.29, 0.717) is 0 Å². The molecule has 0 atom stereocenters. The summed E-state index contributed by atoms with van der Waals surface area (Å²) in [5, 5.41) is 9.02. The van der Waals surface area contributed by atoms with E-state index >= 15 is 0 Å². The van der Waals surface area contributed by atoms with Crippen molar-refractivity contribution >= 4 is 0 Å². The van der Waals surface area contributed by atoms with Gasteiger partial charge in [-0.3, -0.25) is 4.98 Å². The van der Waals surface area contributed by atoms with E-state index in [1.165, 1.54) is 0 Å². The summed E-state index contributed by atoms with van der Waals surface area (Å²) >= 11 is 0. The van der Waals surface area contributed by atoms with Gasteiger partial charge in [-0.2, -0.15) is 0 Å². The summed E-state index contributed by atoms with van der Waals surface area (Å²) in [5.74, 6) is -3.04. The molecule has 10 heavy (non-hydrogen) atoms. The Labute approximate surface area is 70.4 Å². The van der Waals surface area contributed by atoms with Crippen LogP contribution in [0.1, 0.15) is 34.9 Å². The van der Waals surface area contributed by atoms with Gasteiger partial charge in [0.15, 0.2) is 0 Å². The normalized spacial score (nSPS) is 24.2. The Morgan fingerprint density at radius 2 is 2.50 bits per heavy atom. The van der Waals surface area contributed by atoms with Crippen molar-refractivity contribution in [1.82, 2.24) is 4.98 Å². The second-order valence-electron chi connectivity index (χ2n) is 1.78. The van der Waals surface area contributed by atoms with E-state index in [1.807, 2.05) is 0 Å². The van der Waals surface area contributed by atoms with Gasteiger partial charge in [0.25, 0.3) is 0 Å². The van der Waals surface area contributed by atoms with Gasteiger partial charge in [0, 0.05) is 15.3 Å². The van der Waals surface area contributed by atoms with Crippen LogP contribution in [0.5, 0.6) is 5.75 Å². The molecule has 0 fully saturated rings. The maximum absolute atomic E-state index is 9.02. The molecule has 1 aromatic rings. The summed E-state index contributed by atoms with van der Waals surface area (Å²) in [6.07, 6.45) is 0.913. The van der Waals surface area contributed by atoms with Crippen molar-refractivity contribution in [2.75, 3.05) is 0 Å². The molecule has 0 saturated heterocycles. The van der Waals surface area contributed by atoms with Crippen LogP contribution in [-0.4, -0.2) is 10.1 Å². The molecule has 0 saturated carbocycles. The van der Waals surface area contributed by atoms with Crippen LogP contribution < -0.4 is 0 Å². The van der Waals surface area contributed by atoms with Crippen LogP contribution >= 0.6 is 0 Å². The molecular weight excluding hydrogens is 126 g/mol. The Morgan fingerprint density at radius 3 is 3.00 bits per heavy atom. The van der Waals surface area contributed by atoms with Gasteiger partial charge in [0.1, 0.15) is 5.75 Å². The van der Waals surface area contributed by atoms with Crippen molar-refractivity contribution in [3.05, 3.63) is 24.0 Å². The monoisotopic (exact) mass is 144 g/mol. The molecule has 1 rings (SSSR count). The van der Waals surface area contributed by atoms with E-state index in [0.717, 1.165) is 18.3 Å². The van der Waals surface area contributed by atoms with Crippen LogP contribution in [0.3, 0.4) is 0 Å². The fraction of sp³-hybridized carbons (Fsp3) is 0.375. The maximum Gasteiger partial charge on any atom is 0.133 e. The molecule has 0 spiro atoms. The lowest BCUT2D eigenvalue weighted by Crippen LogP contribution is -1.89. The zero-order valence-electron chi connectivity index (χ0n) is 12.1. The topological polar surface area (TPSA) is 33.1 Å². The lowest BCUT2D eigenvalue weighted by molar-refractivity contribution is 0.472. The highest BCUT2D eigenvalue weighted by Gasteiger charge is 1.98. The van der Waals surface area contributed by atoms with Crippen LogP contribution in [0.2, 0.25) is 0 Å². The van der Waals surface area contributed by atoms with Gasteiger partial charge in [-0.1, -0.05) is 13.7 Å². The van der Waals surface area contributed by atoms with Crippen molar-refractivity contribution in [3.8, 4) is 5.75 Å². The number of rotatable bonds is 1. The van der Waals surface area contributed by atoms with Crippen LogP contribution in [0.25, 0.3) is 0 Å². The second-order valence-corrected chi connectivity index (χ2v) is 1.78. The average Bonchev–Trinajstić information content (AvgIpc) is 2.14. The Hall–Kier alpha value is -1.05. The summed E-state index contributed by atoms with van der Waals surface area (Å²) in [6.45, 7) is -6.11. The molecule has 0 aliphatic carbocycles. The predicted molar refractivity (Wildman–Crippen MR) is 40.0 cm³/mol. The third-order valence-electron chi connectivity index (χ3n) is 1.00. The molecule has 1 N–H and O–H groups in total. The molecule has 2 heteroatoms. The average molecular weight is 144 g/mol. The van der Waals surface area contributed by atoms with Crippen LogP contribution in [0.4, 0.5) is 0 Å². The maximum atomic E-state index is 9.02. The molecule has 0 bridgehead atoms.